The van der Waals surface area contributed by atoms with Gasteiger partial charge in [-0.3, -0.25) is 4.79 Å². The summed E-state index contributed by atoms with van der Waals surface area (Å²) in [5.41, 5.74) is 2.16. The quantitative estimate of drug-likeness (QED) is 0.875. The minimum absolute atomic E-state index is 0.0778. The third-order valence-corrected chi connectivity index (χ3v) is 4.60. The fourth-order valence-electron chi connectivity index (χ4n) is 3.30. The van der Waals surface area contributed by atoms with E-state index in [0.717, 1.165) is 12.0 Å². The number of benzene rings is 2. The van der Waals surface area contributed by atoms with Crippen LogP contribution in [0.2, 0.25) is 0 Å². The summed E-state index contributed by atoms with van der Waals surface area (Å²) >= 11 is 0. The third-order valence-electron chi connectivity index (χ3n) is 4.60. The third kappa shape index (κ3) is 2.56. The molecule has 0 saturated heterocycles. The molecule has 2 heterocycles. The lowest BCUT2D eigenvalue weighted by atomic mass is 9.98. The molecule has 5 nitrogen and oxygen atoms in total. The van der Waals surface area contributed by atoms with E-state index in [9.17, 15) is 9.90 Å². The van der Waals surface area contributed by atoms with Crippen molar-refractivity contribution in [2.45, 2.75) is 32.1 Å². The van der Waals surface area contributed by atoms with Crippen LogP contribution in [0.1, 0.15) is 18.1 Å². The Balaban J connectivity index is 1.54. The van der Waals surface area contributed by atoms with E-state index in [-0.39, 0.29) is 17.8 Å². The normalized spacial score (nSPS) is 22.0. The van der Waals surface area contributed by atoms with E-state index in [0.29, 0.717) is 24.6 Å². The molecule has 0 aromatic heterocycles. The zero-order valence-corrected chi connectivity index (χ0v) is 13.4. The van der Waals surface area contributed by atoms with E-state index in [2.05, 4.69) is 0 Å². The van der Waals surface area contributed by atoms with Crippen molar-refractivity contribution >= 4 is 5.91 Å². The van der Waals surface area contributed by atoms with Crippen LogP contribution < -0.4 is 9.47 Å². The largest absolute Gasteiger partial charge is 0.508 e. The van der Waals surface area contributed by atoms with Crippen molar-refractivity contribution in [3.05, 3.63) is 53.6 Å². The number of nitrogens with zero attached hydrogens (tertiary/aromatic N) is 1. The zero-order chi connectivity index (χ0) is 16.7. The number of carbonyl (C=O) groups excluding carboxylic acids is 1. The van der Waals surface area contributed by atoms with Crippen LogP contribution >= 0.6 is 0 Å². The molecule has 0 unspecified atom stereocenters. The summed E-state index contributed by atoms with van der Waals surface area (Å²) in [4.78, 5) is 14.7. The lowest BCUT2D eigenvalue weighted by Crippen LogP contribution is -2.51. The summed E-state index contributed by atoms with van der Waals surface area (Å²) < 4.78 is 11.7. The summed E-state index contributed by atoms with van der Waals surface area (Å²) in [5, 5.41) is 9.66. The van der Waals surface area contributed by atoms with Gasteiger partial charge in [-0.1, -0.05) is 18.2 Å². The molecule has 0 aliphatic carbocycles. The van der Waals surface area contributed by atoms with Crippen LogP contribution in [-0.2, 0) is 17.8 Å². The topological polar surface area (TPSA) is 59.0 Å². The molecule has 1 amide bonds. The second-order valence-electron chi connectivity index (χ2n) is 6.27. The molecule has 0 saturated carbocycles. The van der Waals surface area contributed by atoms with Gasteiger partial charge in [0.25, 0.3) is 5.91 Å². The van der Waals surface area contributed by atoms with Crippen LogP contribution in [0.4, 0.5) is 0 Å². The Morgan fingerprint density at radius 1 is 1.12 bits per heavy atom. The first-order valence-corrected chi connectivity index (χ1v) is 8.14. The molecule has 0 bridgehead atoms. The van der Waals surface area contributed by atoms with Gasteiger partial charge in [0.15, 0.2) is 11.5 Å². The van der Waals surface area contributed by atoms with Crippen molar-refractivity contribution < 1.29 is 19.4 Å². The lowest BCUT2D eigenvalue weighted by molar-refractivity contribution is -0.145. The van der Waals surface area contributed by atoms with Crippen molar-refractivity contribution in [1.82, 2.24) is 4.90 Å². The van der Waals surface area contributed by atoms with E-state index in [1.165, 1.54) is 5.56 Å². The van der Waals surface area contributed by atoms with Gasteiger partial charge in [-0.05, 0) is 48.7 Å². The maximum atomic E-state index is 12.9. The van der Waals surface area contributed by atoms with Crippen LogP contribution in [0.5, 0.6) is 17.2 Å². The molecule has 2 aliphatic rings. The first kappa shape index (κ1) is 14.9. The Morgan fingerprint density at radius 2 is 1.88 bits per heavy atom. The van der Waals surface area contributed by atoms with Crippen LogP contribution in [0, 0.1) is 0 Å². The number of rotatable bonds is 1. The van der Waals surface area contributed by atoms with E-state index in [4.69, 9.17) is 9.47 Å². The Labute approximate surface area is 140 Å². The SMILES string of the molecule is C[C@H]1Oc2ccccc2O[C@@H]1C(=O)N1CCc2ccc(O)cc2C1. The Kier molecular flexibility index (Phi) is 3.56. The molecule has 0 spiro atoms. The fourth-order valence-corrected chi connectivity index (χ4v) is 3.30. The van der Waals surface area contributed by atoms with Gasteiger partial charge in [0.2, 0.25) is 6.10 Å². The standard InChI is InChI=1S/C19H19NO4/c1-12-18(24-17-5-3-2-4-16(17)23-12)19(22)20-9-8-13-6-7-15(21)10-14(13)11-20/h2-7,10,12,18,21H,8-9,11H2,1H3/t12-,18+/m1/s1. The van der Waals surface area contributed by atoms with Crippen molar-refractivity contribution in [3.63, 3.8) is 0 Å². The van der Waals surface area contributed by atoms with Gasteiger partial charge in [-0.25, -0.2) is 0 Å². The summed E-state index contributed by atoms with van der Waals surface area (Å²) in [6.45, 7) is 2.98. The molecular weight excluding hydrogens is 306 g/mol. The Morgan fingerprint density at radius 3 is 2.67 bits per heavy atom. The van der Waals surface area contributed by atoms with E-state index in [1.54, 1.807) is 17.0 Å². The van der Waals surface area contributed by atoms with Gasteiger partial charge in [-0.2, -0.15) is 0 Å². The molecule has 0 fully saturated rings. The molecule has 1 N–H and O–H groups in total. The van der Waals surface area contributed by atoms with E-state index in [1.807, 2.05) is 37.3 Å². The number of ether oxygens (including phenoxy) is 2. The number of carbonyl (C=O) groups is 1. The Bertz CT molecular complexity index is 789. The molecule has 2 aliphatic heterocycles. The van der Waals surface area contributed by atoms with Gasteiger partial charge in [0.05, 0.1) is 0 Å². The molecule has 124 valence electrons. The molecule has 4 rings (SSSR count). The minimum atomic E-state index is -0.654. The van der Waals surface area contributed by atoms with Crippen LogP contribution in [0.15, 0.2) is 42.5 Å². The Hall–Kier alpha value is -2.69. The number of amides is 1. The van der Waals surface area contributed by atoms with Gasteiger partial charge in [0, 0.05) is 13.1 Å². The predicted octanol–water partition coefficient (Wildman–Crippen LogP) is 2.51. The number of para-hydroxylation sites is 2. The molecule has 2 aromatic carbocycles. The van der Waals surface area contributed by atoms with Crippen molar-refractivity contribution in [2.24, 2.45) is 0 Å². The number of hydrogen-bond donors (Lipinski definition) is 1. The molecule has 5 heteroatoms. The number of phenols is 1. The highest BCUT2D eigenvalue weighted by molar-refractivity contribution is 5.82. The van der Waals surface area contributed by atoms with Crippen molar-refractivity contribution in [2.75, 3.05) is 6.54 Å². The van der Waals surface area contributed by atoms with E-state index >= 15 is 0 Å². The van der Waals surface area contributed by atoms with E-state index < -0.39 is 6.10 Å². The number of fused-ring (bicyclic) bond motifs is 2. The van der Waals surface area contributed by atoms with Gasteiger partial charge >= 0.3 is 0 Å². The summed E-state index contributed by atoms with van der Waals surface area (Å²) in [6, 6.07) is 12.7. The van der Waals surface area contributed by atoms with Crippen LogP contribution in [0.3, 0.4) is 0 Å². The second kappa shape index (κ2) is 5.74. The number of aromatic hydroxyl groups is 1. The van der Waals surface area contributed by atoms with Crippen molar-refractivity contribution in [1.29, 1.82) is 0 Å². The predicted molar refractivity (Wildman–Crippen MR) is 88.2 cm³/mol. The first-order valence-electron chi connectivity index (χ1n) is 8.14. The number of phenolic OH excluding ortho intramolecular Hbond substituents is 1. The maximum absolute atomic E-state index is 12.9. The first-order chi connectivity index (χ1) is 11.6. The highest BCUT2D eigenvalue weighted by Gasteiger charge is 2.37. The van der Waals surface area contributed by atoms with Gasteiger partial charge < -0.3 is 19.5 Å². The van der Waals surface area contributed by atoms with Crippen LogP contribution in [0.25, 0.3) is 0 Å². The monoisotopic (exact) mass is 325 g/mol. The van der Waals surface area contributed by atoms with Crippen molar-refractivity contribution in [3.8, 4) is 17.2 Å². The molecular formula is C19H19NO4. The zero-order valence-electron chi connectivity index (χ0n) is 13.4. The fraction of sp³-hybridized carbons (Fsp3) is 0.316. The van der Waals surface area contributed by atoms with Gasteiger partial charge in [-0.15, -0.1) is 0 Å². The average Bonchev–Trinajstić information content (AvgIpc) is 2.60. The minimum Gasteiger partial charge on any atom is -0.508 e. The highest BCUT2D eigenvalue weighted by atomic mass is 16.6. The average molecular weight is 325 g/mol. The molecule has 0 radical (unpaired) electrons. The number of hydrogen-bond acceptors (Lipinski definition) is 4. The summed E-state index contributed by atoms with van der Waals surface area (Å²) in [5.74, 6) is 1.42. The van der Waals surface area contributed by atoms with Crippen LogP contribution in [-0.4, -0.2) is 34.7 Å². The molecule has 24 heavy (non-hydrogen) atoms. The molecule has 2 aromatic rings. The highest BCUT2D eigenvalue weighted by Crippen LogP contribution is 2.34. The smallest absolute Gasteiger partial charge is 0.267 e. The second-order valence-corrected chi connectivity index (χ2v) is 6.27. The molecule has 2 atom stereocenters. The van der Waals surface area contributed by atoms with Gasteiger partial charge in [0.1, 0.15) is 11.9 Å². The maximum Gasteiger partial charge on any atom is 0.267 e. The lowest BCUT2D eigenvalue weighted by Gasteiger charge is -2.36. The summed E-state index contributed by atoms with van der Waals surface area (Å²) in [7, 11) is 0. The summed E-state index contributed by atoms with van der Waals surface area (Å²) in [6.07, 6.45) is -0.225.